The summed E-state index contributed by atoms with van der Waals surface area (Å²) >= 11 is 1.62. The highest BCUT2D eigenvalue weighted by atomic mass is 32.2. The van der Waals surface area contributed by atoms with E-state index in [1.165, 1.54) is 0 Å². The molecule has 5 heteroatoms. The van der Waals surface area contributed by atoms with Gasteiger partial charge >= 0.3 is 0 Å². The summed E-state index contributed by atoms with van der Waals surface area (Å²) in [4.78, 5) is 6.50. The lowest BCUT2D eigenvalue weighted by molar-refractivity contribution is 0.327. The lowest BCUT2D eigenvalue weighted by atomic mass is 10.0. The number of pyridine rings is 1. The fourth-order valence-electron chi connectivity index (χ4n) is 2.07. The zero-order valence-electron chi connectivity index (χ0n) is 10.7. The van der Waals surface area contributed by atoms with E-state index in [0.717, 1.165) is 29.3 Å². The second-order valence-electron chi connectivity index (χ2n) is 4.18. The lowest BCUT2D eigenvalue weighted by Crippen LogP contribution is -2.32. The van der Waals surface area contributed by atoms with Gasteiger partial charge in [0.25, 0.3) is 0 Å². The van der Waals surface area contributed by atoms with Crippen LogP contribution in [-0.2, 0) is 0 Å². The van der Waals surface area contributed by atoms with Crippen molar-refractivity contribution in [1.82, 2.24) is 9.88 Å². The highest BCUT2D eigenvalue weighted by Crippen LogP contribution is 2.27. The van der Waals surface area contributed by atoms with Crippen LogP contribution in [0.5, 0.6) is 5.88 Å². The molecule has 19 heavy (non-hydrogen) atoms. The first-order valence-electron chi connectivity index (χ1n) is 6.33. The Morgan fingerprint density at radius 2 is 2.37 bits per heavy atom. The zero-order chi connectivity index (χ0) is 13.1. The predicted octanol–water partition coefficient (Wildman–Crippen LogP) is 2.75. The molecule has 1 aromatic heterocycles. The van der Waals surface area contributed by atoms with Crippen molar-refractivity contribution < 1.29 is 4.74 Å². The molecule has 0 fully saturated rings. The minimum atomic E-state index is 0.634. The van der Waals surface area contributed by atoms with Crippen molar-refractivity contribution in [1.29, 1.82) is 0 Å². The number of allylic oxidation sites excluding steroid dienone is 2. The molecule has 0 aromatic carbocycles. The molecule has 0 unspecified atom stereocenters. The van der Waals surface area contributed by atoms with Crippen molar-refractivity contribution in [2.75, 3.05) is 18.9 Å². The third kappa shape index (κ3) is 2.51. The van der Waals surface area contributed by atoms with E-state index in [1.807, 2.05) is 25.3 Å². The Balaban J connectivity index is 1.90. The maximum absolute atomic E-state index is 5.37. The molecule has 0 spiro atoms. The van der Waals surface area contributed by atoms with E-state index in [9.17, 15) is 0 Å². The molecular formula is C14H15N3OS. The van der Waals surface area contributed by atoms with Gasteiger partial charge in [0.1, 0.15) is 5.84 Å². The van der Waals surface area contributed by atoms with Crippen LogP contribution < -0.4 is 4.74 Å². The van der Waals surface area contributed by atoms with E-state index < -0.39 is 0 Å². The highest BCUT2D eigenvalue weighted by Gasteiger charge is 2.21. The molecule has 0 bridgehead atoms. The third-order valence-corrected chi connectivity index (χ3v) is 3.62. The first kappa shape index (κ1) is 12.3. The quantitative estimate of drug-likeness (QED) is 0.794. The van der Waals surface area contributed by atoms with E-state index in [2.05, 4.69) is 32.6 Å². The normalized spacial score (nSPS) is 17.6. The summed E-state index contributed by atoms with van der Waals surface area (Å²) in [6, 6.07) is 3.93. The molecule has 0 amide bonds. The van der Waals surface area contributed by atoms with Crippen molar-refractivity contribution in [2.45, 2.75) is 6.92 Å². The summed E-state index contributed by atoms with van der Waals surface area (Å²) in [6.45, 7) is 3.59. The summed E-state index contributed by atoms with van der Waals surface area (Å²) in [5, 5.41) is 0. The van der Waals surface area contributed by atoms with Crippen LogP contribution in [0.2, 0.25) is 0 Å². The van der Waals surface area contributed by atoms with Gasteiger partial charge in [0, 0.05) is 41.9 Å². The van der Waals surface area contributed by atoms with Crippen LogP contribution in [-0.4, -0.2) is 34.6 Å². The monoisotopic (exact) mass is 273 g/mol. The zero-order valence-corrected chi connectivity index (χ0v) is 11.6. The van der Waals surface area contributed by atoms with E-state index in [1.54, 1.807) is 11.9 Å². The van der Waals surface area contributed by atoms with Gasteiger partial charge in [-0.05, 0) is 37.1 Å². The summed E-state index contributed by atoms with van der Waals surface area (Å²) < 4.78 is 9.91. The first-order valence-corrected chi connectivity index (χ1v) is 7.27. The molecule has 0 atom stereocenters. The van der Waals surface area contributed by atoms with Gasteiger partial charge in [0.05, 0.1) is 6.61 Å². The number of ether oxygens (including phenoxy) is 1. The Morgan fingerprint density at radius 1 is 1.42 bits per heavy atom. The van der Waals surface area contributed by atoms with Gasteiger partial charge in [0.15, 0.2) is 0 Å². The van der Waals surface area contributed by atoms with Gasteiger partial charge in [-0.25, -0.2) is 4.98 Å². The number of nitrogens with zero attached hydrogens (tertiary/aromatic N) is 3. The van der Waals surface area contributed by atoms with E-state index >= 15 is 0 Å². The van der Waals surface area contributed by atoms with Gasteiger partial charge in [-0.1, -0.05) is 0 Å². The maximum Gasteiger partial charge on any atom is 0.213 e. The average molecular weight is 273 g/mol. The topological polar surface area (TPSA) is 37.7 Å². The smallest absolute Gasteiger partial charge is 0.213 e. The third-order valence-electron chi connectivity index (χ3n) is 2.96. The maximum atomic E-state index is 5.37. The minimum absolute atomic E-state index is 0.634. The molecule has 1 aromatic rings. The Kier molecular flexibility index (Phi) is 3.55. The standard InChI is InChI=1S/C14H15N3OS/c1-2-18-13-6-5-11(10-15-13)12-4-3-7-17-8-9-19-16-14(12)17/h3-7,10H,2,8-9H2,1H3. The molecule has 4 nitrogen and oxygen atoms in total. The van der Waals surface area contributed by atoms with Crippen molar-refractivity contribution in [3.05, 3.63) is 42.2 Å². The molecule has 0 N–H and O–H groups in total. The molecule has 2 aliphatic heterocycles. The van der Waals surface area contributed by atoms with Gasteiger partial charge in [-0.15, -0.1) is 0 Å². The van der Waals surface area contributed by atoms with Gasteiger partial charge in [0.2, 0.25) is 5.88 Å². The van der Waals surface area contributed by atoms with Gasteiger partial charge in [-0.2, -0.15) is 4.40 Å². The molecule has 0 saturated carbocycles. The SMILES string of the molecule is CCOc1ccc(C2=CC=CN3CCSN=C23)cn1. The van der Waals surface area contributed by atoms with Crippen LogP contribution in [0, 0.1) is 0 Å². The van der Waals surface area contributed by atoms with Crippen molar-refractivity contribution in [3.63, 3.8) is 0 Å². The molecule has 0 radical (unpaired) electrons. The molecular weight excluding hydrogens is 258 g/mol. The largest absolute Gasteiger partial charge is 0.478 e. The molecule has 3 rings (SSSR count). The molecule has 0 saturated heterocycles. The lowest BCUT2D eigenvalue weighted by Gasteiger charge is -2.29. The van der Waals surface area contributed by atoms with E-state index in [4.69, 9.17) is 4.74 Å². The number of hydrogen-bond acceptors (Lipinski definition) is 5. The number of amidine groups is 1. The van der Waals surface area contributed by atoms with E-state index in [0.29, 0.717) is 12.5 Å². The Hall–Kier alpha value is -1.75. The second-order valence-corrected chi connectivity index (χ2v) is 5.03. The summed E-state index contributed by atoms with van der Waals surface area (Å²) in [5.74, 6) is 2.71. The van der Waals surface area contributed by atoms with Crippen LogP contribution >= 0.6 is 11.9 Å². The predicted molar refractivity (Wildman–Crippen MR) is 79.1 cm³/mol. The molecule has 98 valence electrons. The van der Waals surface area contributed by atoms with Crippen LogP contribution in [0.25, 0.3) is 5.57 Å². The Labute approximate surface area is 117 Å². The van der Waals surface area contributed by atoms with Gasteiger partial charge in [-0.3, -0.25) is 0 Å². The first-order chi connectivity index (χ1) is 9.38. The van der Waals surface area contributed by atoms with E-state index in [-0.39, 0.29) is 0 Å². The highest BCUT2D eigenvalue weighted by molar-refractivity contribution is 7.98. The summed E-state index contributed by atoms with van der Waals surface area (Å²) in [7, 11) is 0. The molecule has 3 heterocycles. The van der Waals surface area contributed by atoms with Crippen molar-refractivity contribution in [2.24, 2.45) is 4.40 Å². The molecule has 0 aliphatic carbocycles. The van der Waals surface area contributed by atoms with Crippen molar-refractivity contribution >= 4 is 23.4 Å². The Morgan fingerprint density at radius 3 is 3.16 bits per heavy atom. The van der Waals surface area contributed by atoms with Crippen LogP contribution in [0.3, 0.4) is 0 Å². The number of aromatic nitrogens is 1. The number of fused-ring (bicyclic) bond motifs is 1. The Bertz CT molecular complexity index is 548. The fraction of sp³-hybridized carbons (Fsp3) is 0.286. The van der Waals surface area contributed by atoms with Crippen molar-refractivity contribution in [3.8, 4) is 5.88 Å². The molecule has 2 aliphatic rings. The number of hydrogen-bond donors (Lipinski definition) is 0. The van der Waals surface area contributed by atoms with Crippen LogP contribution in [0.4, 0.5) is 0 Å². The average Bonchev–Trinajstić information content (AvgIpc) is 2.48. The second kappa shape index (κ2) is 5.48. The number of rotatable bonds is 3. The summed E-state index contributed by atoms with van der Waals surface area (Å²) in [6.07, 6.45) is 8.05. The van der Waals surface area contributed by atoms with Gasteiger partial charge < -0.3 is 9.64 Å². The van der Waals surface area contributed by atoms with Crippen LogP contribution in [0.1, 0.15) is 12.5 Å². The summed E-state index contributed by atoms with van der Waals surface area (Å²) in [5.41, 5.74) is 2.18. The van der Waals surface area contributed by atoms with Crippen LogP contribution in [0.15, 0.2) is 41.1 Å². The minimum Gasteiger partial charge on any atom is -0.478 e. The fourth-order valence-corrected chi connectivity index (χ4v) is 2.76.